The number of hydrogen-bond acceptors (Lipinski definition) is 4. The Hall–Kier alpha value is -1.41. The SMILES string of the molecule is CCS(=O)(=O)N1Cc2ccnn2[C@H](CC(=O)NC)C1. The second-order valence-electron chi connectivity index (χ2n) is 4.49. The summed E-state index contributed by atoms with van der Waals surface area (Å²) in [6.07, 6.45) is 1.86. The van der Waals surface area contributed by atoms with Crippen molar-refractivity contribution < 1.29 is 13.2 Å². The average Bonchev–Trinajstić information content (AvgIpc) is 2.87. The predicted molar refractivity (Wildman–Crippen MR) is 69.8 cm³/mol. The molecule has 0 bridgehead atoms. The highest BCUT2D eigenvalue weighted by Gasteiger charge is 2.32. The fourth-order valence-corrected chi connectivity index (χ4v) is 3.31. The summed E-state index contributed by atoms with van der Waals surface area (Å²) in [4.78, 5) is 11.5. The zero-order chi connectivity index (χ0) is 14.0. The van der Waals surface area contributed by atoms with E-state index >= 15 is 0 Å². The molecule has 1 aromatic rings. The smallest absolute Gasteiger partial charge is 0.221 e. The Morgan fingerprint density at radius 2 is 2.32 bits per heavy atom. The van der Waals surface area contributed by atoms with Gasteiger partial charge in [0.05, 0.1) is 30.5 Å². The largest absolute Gasteiger partial charge is 0.359 e. The Labute approximate surface area is 112 Å². The summed E-state index contributed by atoms with van der Waals surface area (Å²) in [7, 11) is -1.69. The minimum atomic E-state index is -3.26. The van der Waals surface area contributed by atoms with Gasteiger partial charge in [-0.15, -0.1) is 0 Å². The van der Waals surface area contributed by atoms with Gasteiger partial charge in [-0.1, -0.05) is 0 Å². The van der Waals surface area contributed by atoms with E-state index in [1.54, 1.807) is 30.9 Å². The Bertz CT molecular complexity index is 566. The first-order valence-corrected chi connectivity index (χ1v) is 7.79. The molecule has 0 aromatic carbocycles. The van der Waals surface area contributed by atoms with Gasteiger partial charge in [0.1, 0.15) is 0 Å². The lowest BCUT2D eigenvalue weighted by Gasteiger charge is -2.32. The number of carbonyl (C=O) groups excluding carboxylic acids is 1. The van der Waals surface area contributed by atoms with Crippen molar-refractivity contribution >= 4 is 15.9 Å². The van der Waals surface area contributed by atoms with Crippen molar-refractivity contribution in [3.05, 3.63) is 18.0 Å². The third-order valence-corrected chi connectivity index (χ3v) is 5.10. The molecule has 7 nitrogen and oxygen atoms in total. The number of nitrogens with zero attached hydrogens (tertiary/aromatic N) is 3. The lowest BCUT2D eigenvalue weighted by atomic mass is 10.1. The summed E-state index contributed by atoms with van der Waals surface area (Å²) < 4.78 is 27.1. The number of fused-ring (bicyclic) bond motifs is 1. The van der Waals surface area contributed by atoms with Crippen LogP contribution >= 0.6 is 0 Å². The number of aromatic nitrogens is 2. The maximum Gasteiger partial charge on any atom is 0.221 e. The highest BCUT2D eigenvalue weighted by atomic mass is 32.2. The standard InChI is InChI=1S/C11H18N4O3S/c1-3-19(17,18)14-7-9-4-5-13-15(9)10(8-14)6-11(16)12-2/h4-5,10H,3,6-8H2,1-2H3,(H,12,16)/t10-/m1/s1. The molecule has 1 amide bonds. The molecule has 2 heterocycles. The first-order valence-electron chi connectivity index (χ1n) is 6.18. The molecule has 0 unspecified atom stereocenters. The zero-order valence-electron chi connectivity index (χ0n) is 11.0. The molecule has 1 atom stereocenters. The molecule has 0 spiro atoms. The van der Waals surface area contributed by atoms with Gasteiger partial charge in [-0.3, -0.25) is 9.48 Å². The molecule has 0 aliphatic carbocycles. The van der Waals surface area contributed by atoms with Crippen LogP contribution in [0, 0.1) is 0 Å². The molecule has 2 rings (SSSR count). The fraction of sp³-hybridized carbons (Fsp3) is 0.636. The van der Waals surface area contributed by atoms with E-state index in [4.69, 9.17) is 0 Å². The predicted octanol–water partition coefficient (Wildman–Crippen LogP) is -0.274. The van der Waals surface area contributed by atoms with Gasteiger partial charge in [0.15, 0.2) is 0 Å². The Balaban J connectivity index is 2.27. The van der Waals surface area contributed by atoms with Crippen LogP contribution in [-0.4, -0.2) is 47.8 Å². The van der Waals surface area contributed by atoms with Gasteiger partial charge >= 0.3 is 0 Å². The number of amides is 1. The summed E-state index contributed by atoms with van der Waals surface area (Å²) in [5.41, 5.74) is 0.817. The van der Waals surface area contributed by atoms with Crippen LogP contribution in [0.4, 0.5) is 0 Å². The van der Waals surface area contributed by atoms with E-state index in [0.717, 1.165) is 5.69 Å². The summed E-state index contributed by atoms with van der Waals surface area (Å²) in [6, 6.07) is 1.54. The van der Waals surface area contributed by atoms with E-state index < -0.39 is 10.0 Å². The minimum Gasteiger partial charge on any atom is -0.359 e. The highest BCUT2D eigenvalue weighted by molar-refractivity contribution is 7.89. The molecule has 1 N–H and O–H groups in total. The van der Waals surface area contributed by atoms with Gasteiger partial charge in [-0.2, -0.15) is 9.40 Å². The van der Waals surface area contributed by atoms with Gasteiger partial charge in [0.2, 0.25) is 15.9 Å². The number of hydrogen-bond donors (Lipinski definition) is 1. The van der Waals surface area contributed by atoms with Crippen LogP contribution in [-0.2, 0) is 21.4 Å². The van der Waals surface area contributed by atoms with Crippen molar-refractivity contribution in [2.45, 2.75) is 25.9 Å². The molecule has 1 aromatic heterocycles. The molecular weight excluding hydrogens is 268 g/mol. The monoisotopic (exact) mass is 286 g/mol. The lowest BCUT2D eigenvalue weighted by molar-refractivity contribution is -0.121. The zero-order valence-corrected chi connectivity index (χ0v) is 11.9. The van der Waals surface area contributed by atoms with Crippen LogP contribution < -0.4 is 5.32 Å². The van der Waals surface area contributed by atoms with Gasteiger partial charge in [-0.25, -0.2) is 8.42 Å². The van der Waals surface area contributed by atoms with E-state index in [0.29, 0.717) is 6.54 Å². The van der Waals surface area contributed by atoms with Crippen molar-refractivity contribution in [3.8, 4) is 0 Å². The maximum atomic E-state index is 12.0. The van der Waals surface area contributed by atoms with Crippen LogP contribution in [0.25, 0.3) is 0 Å². The van der Waals surface area contributed by atoms with Crippen molar-refractivity contribution in [2.24, 2.45) is 0 Å². The van der Waals surface area contributed by atoms with Crippen molar-refractivity contribution in [2.75, 3.05) is 19.3 Å². The number of nitrogens with one attached hydrogen (secondary N) is 1. The van der Waals surface area contributed by atoms with Crippen molar-refractivity contribution in [1.82, 2.24) is 19.4 Å². The van der Waals surface area contributed by atoms with E-state index in [2.05, 4.69) is 10.4 Å². The van der Waals surface area contributed by atoms with Gasteiger partial charge < -0.3 is 5.32 Å². The third kappa shape index (κ3) is 2.79. The summed E-state index contributed by atoms with van der Waals surface area (Å²) in [5, 5.41) is 6.74. The quantitative estimate of drug-likeness (QED) is 0.825. The molecule has 19 heavy (non-hydrogen) atoms. The van der Waals surface area contributed by atoms with E-state index in [1.165, 1.54) is 4.31 Å². The summed E-state index contributed by atoms with van der Waals surface area (Å²) in [5.74, 6) is -0.0596. The van der Waals surface area contributed by atoms with Crippen LogP contribution in [0.1, 0.15) is 25.1 Å². The second-order valence-corrected chi connectivity index (χ2v) is 6.75. The lowest BCUT2D eigenvalue weighted by Crippen LogP contribution is -2.43. The van der Waals surface area contributed by atoms with Gasteiger partial charge in [0, 0.05) is 19.8 Å². The maximum absolute atomic E-state index is 12.0. The van der Waals surface area contributed by atoms with Gasteiger partial charge in [-0.05, 0) is 13.0 Å². The molecular formula is C11H18N4O3S. The normalized spacial score (nSPS) is 20.0. The Morgan fingerprint density at radius 1 is 1.58 bits per heavy atom. The van der Waals surface area contributed by atoms with Crippen LogP contribution in [0.15, 0.2) is 12.3 Å². The molecule has 1 aliphatic heterocycles. The Morgan fingerprint density at radius 3 is 2.95 bits per heavy atom. The molecule has 0 saturated heterocycles. The fourth-order valence-electron chi connectivity index (χ4n) is 2.21. The topological polar surface area (TPSA) is 84.3 Å². The molecule has 0 saturated carbocycles. The third-order valence-electron chi connectivity index (χ3n) is 3.31. The average molecular weight is 286 g/mol. The first-order chi connectivity index (χ1) is 8.97. The highest BCUT2D eigenvalue weighted by Crippen LogP contribution is 2.25. The second kappa shape index (κ2) is 5.30. The van der Waals surface area contributed by atoms with Crippen molar-refractivity contribution in [1.29, 1.82) is 0 Å². The molecule has 1 aliphatic rings. The number of carbonyl (C=O) groups is 1. The molecule has 8 heteroatoms. The number of rotatable bonds is 4. The van der Waals surface area contributed by atoms with Crippen LogP contribution in [0.3, 0.4) is 0 Å². The van der Waals surface area contributed by atoms with E-state index in [-0.39, 0.29) is 30.7 Å². The minimum absolute atomic E-state index is 0.0633. The molecule has 0 fully saturated rings. The Kier molecular flexibility index (Phi) is 3.91. The molecule has 0 radical (unpaired) electrons. The van der Waals surface area contributed by atoms with Gasteiger partial charge in [0.25, 0.3) is 0 Å². The van der Waals surface area contributed by atoms with E-state index in [1.807, 2.05) is 0 Å². The van der Waals surface area contributed by atoms with Crippen LogP contribution in [0.5, 0.6) is 0 Å². The van der Waals surface area contributed by atoms with Crippen molar-refractivity contribution in [3.63, 3.8) is 0 Å². The first kappa shape index (κ1) is 14.0. The number of sulfonamides is 1. The van der Waals surface area contributed by atoms with E-state index in [9.17, 15) is 13.2 Å². The molecule has 106 valence electrons. The summed E-state index contributed by atoms with van der Waals surface area (Å²) in [6.45, 7) is 2.23. The van der Waals surface area contributed by atoms with Crippen LogP contribution in [0.2, 0.25) is 0 Å². The summed E-state index contributed by atoms with van der Waals surface area (Å²) >= 11 is 0.